The maximum absolute atomic E-state index is 10.4. The lowest BCUT2D eigenvalue weighted by atomic mass is 10.2. The molecule has 1 aromatic rings. The SMILES string of the molecule is O=C(O)/C(Br)=C\c1ccccc1. The van der Waals surface area contributed by atoms with Crippen molar-refractivity contribution >= 4 is 28.0 Å². The molecule has 12 heavy (non-hydrogen) atoms. The first-order chi connectivity index (χ1) is 5.70. The first-order valence-corrected chi connectivity index (χ1v) is 4.15. The molecule has 0 saturated carbocycles. The second-order valence-electron chi connectivity index (χ2n) is 2.21. The van der Waals surface area contributed by atoms with Crippen LogP contribution in [0.25, 0.3) is 6.08 Å². The Morgan fingerprint density at radius 1 is 1.33 bits per heavy atom. The lowest BCUT2D eigenvalue weighted by Crippen LogP contribution is -1.92. The van der Waals surface area contributed by atoms with Gasteiger partial charge >= 0.3 is 5.97 Å². The highest BCUT2D eigenvalue weighted by Crippen LogP contribution is 2.11. The van der Waals surface area contributed by atoms with E-state index in [1.807, 2.05) is 30.3 Å². The van der Waals surface area contributed by atoms with Crippen LogP contribution in [0.15, 0.2) is 34.8 Å². The lowest BCUT2D eigenvalue weighted by Gasteiger charge is -1.92. The maximum atomic E-state index is 10.4. The molecule has 0 heterocycles. The van der Waals surface area contributed by atoms with Crippen molar-refractivity contribution in [3.8, 4) is 0 Å². The number of rotatable bonds is 2. The Morgan fingerprint density at radius 2 is 1.92 bits per heavy atom. The first-order valence-electron chi connectivity index (χ1n) is 3.35. The molecule has 0 bridgehead atoms. The molecule has 0 unspecified atom stereocenters. The molecule has 1 rings (SSSR count). The van der Waals surface area contributed by atoms with E-state index in [1.54, 1.807) is 6.08 Å². The molecule has 3 heteroatoms. The highest BCUT2D eigenvalue weighted by molar-refractivity contribution is 9.12. The van der Waals surface area contributed by atoms with Gasteiger partial charge in [0.1, 0.15) is 4.48 Å². The number of carboxylic acid groups (broad SMARTS) is 1. The van der Waals surface area contributed by atoms with Crippen LogP contribution >= 0.6 is 15.9 Å². The van der Waals surface area contributed by atoms with Crippen molar-refractivity contribution in [3.05, 3.63) is 40.4 Å². The van der Waals surface area contributed by atoms with Crippen molar-refractivity contribution in [1.29, 1.82) is 0 Å². The minimum atomic E-state index is -0.959. The number of carboxylic acids is 1. The highest BCUT2D eigenvalue weighted by atomic mass is 79.9. The Balaban J connectivity index is 2.89. The van der Waals surface area contributed by atoms with Gasteiger partial charge in [-0.2, -0.15) is 0 Å². The molecule has 1 aromatic carbocycles. The Morgan fingerprint density at radius 3 is 2.42 bits per heavy atom. The van der Waals surface area contributed by atoms with E-state index in [0.29, 0.717) is 0 Å². The van der Waals surface area contributed by atoms with Crippen LogP contribution in [0.3, 0.4) is 0 Å². The highest BCUT2D eigenvalue weighted by Gasteiger charge is 2.00. The summed E-state index contributed by atoms with van der Waals surface area (Å²) in [5, 5.41) is 8.53. The van der Waals surface area contributed by atoms with Gasteiger partial charge in [-0.1, -0.05) is 30.3 Å². The summed E-state index contributed by atoms with van der Waals surface area (Å²) in [6, 6.07) is 9.27. The Kier molecular flexibility index (Phi) is 3.05. The number of carbonyl (C=O) groups is 1. The van der Waals surface area contributed by atoms with Crippen LogP contribution in [0.2, 0.25) is 0 Å². The van der Waals surface area contributed by atoms with E-state index >= 15 is 0 Å². The normalized spacial score (nSPS) is 11.2. The molecule has 2 nitrogen and oxygen atoms in total. The fourth-order valence-electron chi connectivity index (χ4n) is 0.757. The van der Waals surface area contributed by atoms with Crippen molar-refractivity contribution < 1.29 is 9.90 Å². The number of halogens is 1. The third-order valence-electron chi connectivity index (χ3n) is 1.30. The molecule has 0 radical (unpaired) electrons. The molecule has 0 aliphatic carbocycles. The minimum absolute atomic E-state index is 0.161. The molecule has 0 atom stereocenters. The Bertz CT molecular complexity index is 304. The number of aliphatic carboxylic acids is 1. The van der Waals surface area contributed by atoms with Gasteiger partial charge in [0.25, 0.3) is 0 Å². The van der Waals surface area contributed by atoms with Crippen molar-refractivity contribution in [2.24, 2.45) is 0 Å². The van der Waals surface area contributed by atoms with Crippen LogP contribution in [0, 0.1) is 0 Å². The van der Waals surface area contributed by atoms with Crippen LogP contribution in [0.5, 0.6) is 0 Å². The van der Waals surface area contributed by atoms with Crippen molar-refractivity contribution in [2.45, 2.75) is 0 Å². The summed E-state index contributed by atoms with van der Waals surface area (Å²) < 4.78 is 0.161. The molecular weight excluding hydrogens is 220 g/mol. The van der Waals surface area contributed by atoms with E-state index in [-0.39, 0.29) is 4.48 Å². The zero-order valence-corrected chi connectivity index (χ0v) is 7.78. The molecule has 0 saturated heterocycles. The maximum Gasteiger partial charge on any atom is 0.342 e. The molecule has 0 aromatic heterocycles. The van der Waals surface area contributed by atoms with Gasteiger partial charge in [0, 0.05) is 0 Å². The summed E-state index contributed by atoms with van der Waals surface area (Å²) >= 11 is 2.94. The van der Waals surface area contributed by atoms with Crippen LogP contribution in [0.4, 0.5) is 0 Å². The molecular formula is C9H7BrO2. The predicted octanol–water partition coefficient (Wildman–Crippen LogP) is 2.51. The topological polar surface area (TPSA) is 37.3 Å². The summed E-state index contributed by atoms with van der Waals surface area (Å²) in [6.45, 7) is 0. The largest absolute Gasteiger partial charge is 0.477 e. The molecule has 1 N–H and O–H groups in total. The molecule has 0 aliphatic rings. The molecule has 0 fully saturated rings. The third kappa shape index (κ3) is 2.51. The van der Waals surface area contributed by atoms with Gasteiger partial charge < -0.3 is 5.11 Å². The number of hydrogen-bond donors (Lipinski definition) is 1. The zero-order valence-electron chi connectivity index (χ0n) is 6.20. The standard InChI is InChI=1S/C9H7BrO2/c10-8(9(11)12)6-7-4-2-1-3-5-7/h1-6H,(H,11,12)/b8-6+. The fourth-order valence-corrected chi connectivity index (χ4v) is 1.02. The second-order valence-corrected chi connectivity index (χ2v) is 3.06. The summed E-state index contributed by atoms with van der Waals surface area (Å²) in [7, 11) is 0. The van der Waals surface area contributed by atoms with E-state index < -0.39 is 5.97 Å². The quantitative estimate of drug-likeness (QED) is 0.788. The van der Waals surface area contributed by atoms with Crippen LogP contribution in [-0.4, -0.2) is 11.1 Å². The van der Waals surface area contributed by atoms with Crippen molar-refractivity contribution in [3.63, 3.8) is 0 Å². The van der Waals surface area contributed by atoms with Crippen LogP contribution < -0.4 is 0 Å². The monoisotopic (exact) mass is 226 g/mol. The van der Waals surface area contributed by atoms with E-state index in [9.17, 15) is 4.79 Å². The third-order valence-corrected chi connectivity index (χ3v) is 1.87. The average molecular weight is 227 g/mol. The molecule has 0 amide bonds. The smallest absolute Gasteiger partial charge is 0.342 e. The van der Waals surface area contributed by atoms with E-state index in [4.69, 9.17) is 5.11 Å². The van der Waals surface area contributed by atoms with Gasteiger partial charge in [0.05, 0.1) is 0 Å². The van der Waals surface area contributed by atoms with Crippen molar-refractivity contribution in [2.75, 3.05) is 0 Å². The zero-order chi connectivity index (χ0) is 8.97. The summed E-state index contributed by atoms with van der Waals surface area (Å²) in [4.78, 5) is 10.4. The van der Waals surface area contributed by atoms with E-state index in [2.05, 4.69) is 15.9 Å². The van der Waals surface area contributed by atoms with Gasteiger partial charge in [0.2, 0.25) is 0 Å². The van der Waals surface area contributed by atoms with Gasteiger partial charge in [-0.25, -0.2) is 4.79 Å². The van der Waals surface area contributed by atoms with Crippen LogP contribution in [0.1, 0.15) is 5.56 Å². The van der Waals surface area contributed by atoms with Crippen molar-refractivity contribution in [1.82, 2.24) is 0 Å². The lowest BCUT2D eigenvalue weighted by molar-refractivity contribution is -0.131. The van der Waals surface area contributed by atoms with E-state index in [1.165, 1.54) is 0 Å². The minimum Gasteiger partial charge on any atom is -0.477 e. The summed E-state index contributed by atoms with van der Waals surface area (Å²) in [5.74, 6) is -0.959. The summed E-state index contributed by atoms with van der Waals surface area (Å²) in [6.07, 6.45) is 1.56. The van der Waals surface area contributed by atoms with Gasteiger partial charge in [-0.3, -0.25) is 0 Å². The molecule has 0 aliphatic heterocycles. The first kappa shape index (κ1) is 9.00. The van der Waals surface area contributed by atoms with Gasteiger partial charge in [-0.05, 0) is 27.6 Å². The predicted molar refractivity (Wildman–Crippen MR) is 51.0 cm³/mol. The van der Waals surface area contributed by atoms with E-state index in [0.717, 1.165) is 5.56 Å². The molecule has 0 spiro atoms. The van der Waals surface area contributed by atoms with Gasteiger partial charge in [0.15, 0.2) is 0 Å². The second kappa shape index (κ2) is 4.07. The van der Waals surface area contributed by atoms with Gasteiger partial charge in [-0.15, -0.1) is 0 Å². The summed E-state index contributed by atoms with van der Waals surface area (Å²) in [5.41, 5.74) is 0.867. The Hall–Kier alpha value is -1.09. The number of benzene rings is 1. The molecule has 62 valence electrons. The fraction of sp³-hybridized carbons (Fsp3) is 0. The Labute approximate surface area is 78.7 Å². The number of hydrogen-bond acceptors (Lipinski definition) is 1. The van der Waals surface area contributed by atoms with Crippen LogP contribution in [-0.2, 0) is 4.79 Å². The average Bonchev–Trinajstić information content (AvgIpc) is 2.06.